The summed E-state index contributed by atoms with van der Waals surface area (Å²) in [6, 6.07) is 2.06. The summed E-state index contributed by atoms with van der Waals surface area (Å²) in [6.45, 7) is 22.4. The summed E-state index contributed by atoms with van der Waals surface area (Å²) in [5.41, 5.74) is 9.19. The van der Waals surface area contributed by atoms with Crippen molar-refractivity contribution in [2.75, 3.05) is 0 Å². The molecule has 1 heterocycles. The third-order valence-electron chi connectivity index (χ3n) is 4.65. The molecular weight excluding hydrogens is 340 g/mol. The van der Waals surface area contributed by atoms with E-state index in [4.69, 9.17) is 9.98 Å². The van der Waals surface area contributed by atoms with Gasteiger partial charge >= 0.3 is 0 Å². The molecule has 0 spiro atoms. The van der Waals surface area contributed by atoms with Gasteiger partial charge in [0.25, 0.3) is 0 Å². The van der Waals surface area contributed by atoms with E-state index in [1.54, 1.807) is 6.08 Å². The molecule has 0 aliphatic rings. The molecule has 0 aliphatic carbocycles. The molecule has 2 nitrogen and oxygen atoms in total. The Morgan fingerprint density at radius 1 is 1.14 bits per heavy atom. The van der Waals surface area contributed by atoms with Gasteiger partial charge in [-0.2, -0.15) is 0 Å². The van der Waals surface area contributed by atoms with Gasteiger partial charge in [0, 0.05) is 11.4 Å². The molecule has 0 saturated heterocycles. The zero-order chi connectivity index (χ0) is 21.3. The monoisotopic (exact) mass is 374 g/mol. The van der Waals surface area contributed by atoms with Crippen LogP contribution in [-0.2, 0) is 0 Å². The first-order valence-electron chi connectivity index (χ1n) is 9.81. The van der Waals surface area contributed by atoms with E-state index in [1.165, 1.54) is 5.57 Å². The fraction of sp³-hybridized carbons (Fsp3) is 0.308. The van der Waals surface area contributed by atoms with Gasteiger partial charge in [-0.05, 0) is 88.0 Å². The summed E-state index contributed by atoms with van der Waals surface area (Å²) in [5, 5.41) is 0. The highest BCUT2D eigenvalue weighted by Gasteiger charge is 2.14. The molecule has 0 atom stereocenters. The lowest BCUT2D eigenvalue weighted by molar-refractivity contribution is 1.06. The highest BCUT2D eigenvalue weighted by atomic mass is 14.8. The molecule has 0 aliphatic heterocycles. The summed E-state index contributed by atoms with van der Waals surface area (Å²) in [5.74, 6) is 0. The van der Waals surface area contributed by atoms with E-state index in [0.29, 0.717) is 0 Å². The SMILES string of the molecule is C=CC(=C)c1cc(C)nc(C(/N=C(C)/C=C/C(/C=C\C)=C/C)=C(/C)CC)c1C. The Kier molecular flexibility index (Phi) is 9.31. The average Bonchev–Trinajstić information content (AvgIpc) is 2.69. The lowest BCUT2D eigenvalue weighted by Gasteiger charge is -2.15. The Hall–Kier alpha value is -2.74. The Labute approximate surface area is 171 Å². The zero-order valence-electron chi connectivity index (χ0n) is 18.6. The predicted molar refractivity (Wildman–Crippen MR) is 127 cm³/mol. The number of rotatable bonds is 8. The van der Waals surface area contributed by atoms with Crippen molar-refractivity contribution in [3.05, 3.63) is 89.3 Å². The van der Waals surface area contributed by atoms with Gasteiger partial charge in [0.15, 0.2) is 0 Å². The maximum Gasteiger partial charge on any atom is 0.0924 e. The van der Waals surface area contributed by atoms with Crippen LogP contribution in [0.5, 0.6) is 0 Å². The molecule has 148 valence electrons. The largest absolute Gasteiger partial charge is 0.252 e. The van der Waals surface area contributed by atoms with E-state index < -0.39 is 0 Å². The van der Waals surface area contributed by atoms with Crippen molar-refractivity contribution in [3.63, 3.8) is 0 Å². The smallest absolute Gasteiger partial charge is 0.0924 e. The number of aliphatic imine (C=N–C) groups is 1. The van der Waals surface area contributed by atoms with Gasteiger partial charge in [-0.3, -0.25) is 9.98 Å². The van der Waals surface area contributed by atoms with Gasteiger partial charge in [0.2, 0.25) is 0 Å². The van der Waals surface area contributed by atoms with Gasteiger partial charge < -0.3 is 0 Å². The van der Waals surface area contributed by atoms with Gasteiger partial charge in [-0.25, -0.2) is 0 Å². The Morgan fingerprint density at radius 3 is 2.36 bits per heavy atom. The molecule has 1 aromatic heterocycles. The molecule has 0 N–H and O–H groups in total. The van der Waals surface area contributed by atoms with E-state index in [9.17, 15) is 0 Å². The summed E-state index contributed by atoms with van der Waals surface area (Å²) >= 11 is 0. The third-order valence-corrected chi connectivity index (χ3v) is 4.65. The van der Waals surface area contributed by atoms with Gasteiger partial charge in [-0.1, -0.05) is 50.5 Å². The number of aromatic nitrogens is 1. The summed E-state index contributed by atoms with van der Waals surface area (Å²) in [6.07, 6.45) is 13.0. The van der Waals surface area contributed by atoms with Crippen molar-refractivity contribution in [1.29, 1.82) is 0 Å². The Bertz CT molecular complexity index is 887. The lowest BCUT2D eigenvalue weighted by Crippen LogP contribution is -2.02. The molecule has 2 heteroatoms. The van der Waals surface area contributed by atoms with E-state index in [1.807, 2.05) is 39.8 Å². The first-order valence-corrected chi connectivity index (χ1v) is 9.81. The van der Waals surface area contributed by atoms with E-state index in [2.05, 4.69) is 58.2 Å². The summed E-state index contributed by atoms with van der Waals surface area (Å²) in [7, 11) is 0. The second kappa shape index (κ2) is 11.2. The summed E-state index contributed by atoms with van der Waals surface area (Å²) in [4.78, 5) is 9.78. The molecule has 0 aromatic carbocycles. The highest BCUT2D eigenvalue weighted by molar-refractivity contribution is 5.97. The molecule has 0 amide bonds. The van der Waals surface area contributed by atoms with E-state index >= 15 is 0 Å². The van der Waals surface area contributed by atoms with Crippen molar-refractivity contribution < 1.29 is 0 Å². The van der Waals surface area contributed by atoms with Crippen molar-refractivity contribution >= 4 is 17.0 Å². The van der Waals surface area contributed by atoms with Crippen molar-refractivity contribution in [1.82, 2.24) is 4.98 Å². The number of pyridine rings is 1. The highest BCUT2D eigenvalue weighted by Crippen LogP contribution is 2.29. The maximum atomic E-state index is 4.95. The molecule has 1 aromatic rings. The van der Waals surface area contributed by atoms with Crippen LogP contribution in [0.25, 0.3) is 11.3 Å². The number of hydrogen-bond donors (Lipinski definition) is 0. The van der Waals surface area contributed by atoms with Gasteiger partial charge in [-0.15, -0.1) is 0 Å². The summed E-state index contributed by atoms with van der Waals surface area (Å²) < 4.78 is 0. The topological polar surface area (TPSA) is 25.2 Å². The quantitative estimate of drug-likeness (QED) is 0.340. The normalized spacial score (nSPS) is 14.0. The Morgan fingerprint density at radius 2 is 1.82 bits per heavy atom. The minimum absolute atomic E-state index is 0.905. The zero-order valence-corrected chi connectivity index (χ0v) is 18.6. The Balaban J connectivity index is 3.55. The first kappa shape index (κ1) is 23.3. The molecule has 0 saturated carbocycles. The van der Waals surface area contributed by atoms with Crippen LogP contribution in [-0.4, -0.2) is 10.7 Å². The maximum absolute atomic E-state index is 4.95. The number of nitrogens with zero attached hydrogens (tertiary/aromatic N) is 2. The predicted octanol–water partition coefficient (Wildman–Crippen LogP) is 7.58. The van der Waals surface area contributed by atoms with Crippen LogP contribution in [0.15, 0.2) is 71.8 Å². The molecule has 0 radical (unpaired) electrons. The van der Waals surface area contributed by atoms with Crippen LogP contribution < -0.4 is 0 Å². The van der Waals surface area contributed by atoms with E-state index in [0.717, 1.165) is 51.5 Å². The van der Waals surface area contributed by atoms with Crippen LogP contribution in [0.3, 0.4) is 0 Å². The molecule has 0 bridgehead atoms. The van der Waals surface area contributed by atoms with Crippen LogP contribution in [0.4, 0.5) is 0 Å². The molecular formula is C26H34N2. The second-order valence-electron chi connectivity index (χ2n) is 6.87. The van der Waals surface area contributed by atoms with Crippen LogP contribution in [0.1, 0.15) is 63.6 Å². The first-order chi connectivity index (χ1) is 13.3. The minimum Gasteiger partial charge on any atom is -0.252 e. The molecule has 1 rings (SSSR count). The fourth-order valence-corrected chi connectivity index (χ4v) is 2.80. The molecule has 28 heavy (non-hydrogen) atoms. The van der Waals surface area contributed by atoms with Gasteiger partial charge in [0.1, 0.15) is 0 Å². The third kappa shape index (κ3) is 6.16. The standard InChI is InChI=1S/C26H34N2/c1-10-14-23(13-4)16-15-20(7)27-25(19(6)12-3)26-22(9)24(18(5)11-2)17-21(8)28-26/h10-11,13-17H,2,5,12H2,1,3-4,6-9H3/b14-10-,16-15+,23-13+,25-19+,27-20+. The van der Waals surface area contributed by atoms with Crippen LogP contribution >= 0.6 is 0 Å². The minimum atomic E-state index is 0.905. The second-order valence-corrected chi connectivity index (χ2v) is 6.87. The van der Waals surface area contributed by atoms with Crippen molar-refractivity contribution in [2.24, 2.45) is 4.99 Å². The van der Waals surface area contributed by atoms with E-state index in [-0.39, 0.29) is 0 Å². The van der Waals surface area contributed by atoms with Gasteiger partial charge in [0.05, 0.1) is 11.4 Å². The van der Waals surface area contributed by atoms with Crippen LogP contribution in [0, 0.1) is 13.8 Å². The van der Waals surface area contributed by atoms with Crippen LogP contribution in [0.2, 0.25) is 0 Å². The molecule has 0 fully saturated rings. The number of allylic oxidation sites excluding steroid dienone is 9. The average molecular weight is 375 g/mol. The fourth-order valence-electron chi connectivity index (χ4n) is 2.80. The lowest BCUT2D eigenvalue weighted by atomic mass is 9.97. The molecule has 0 unspecified atom stereocenters. The number of hydrogen-bond acceptors (Lipinski definition) is 2. The number of aryl methyl sites for hydroxylation is 1. The van der Waals surface area contributed by atoms with Crippen molar-refractivity contribution in [2.45, 2.75) is 54.9 Å². The van der Waals surface area contributed by atoms with Crippen molar-refractivity contribution in [3.8, 4) is 0 Å².